The van der Waals surface area contributed by atoms with Crippen LogP contribution in [-0.4, -0.2) is 44.5 Å². The van der Waals surface area contributed by atoms with Crippen LogP contribution in [-0.2, 0) is 0 Å². The number of amides is 2. The van der Waals surface area contributed by atoms with E-state index >= 15 is 0 Å². The lowest BCUT2D eigenvalue weighted by Crippen LogP contribution is -2.33. The number of carbonyl (C=O) groups is 2. The number of aliphatic imine (C=N–C) groups is 1. The molecule has 0 unspecified atom stereocenters. The first-order valence-corrected chi connectivity index (χ1v) is 11.6. The number of carbonyl (C=O) groups excluding carboxylic acids is 2. The van der Waals surface area contributed by atoms with Crippen LogP contribution in [0.4, 0.5) is 0 Å². The van der Waals surface area contributed by atoms with Gasteiger partial charge in [0.05, 0.1) is 0 Å². The highest BCUT2D eigenvalue weighted by Gasteiger charge is 2.33. The zero-order valence-corrected chi connectivity index (χ0v) is 19.3. The molecule has 1 fully saturated rings. The molecule has 1 saturated heterocycles. The number of benzene rings is 2. The highest BCUT2D eigenvalue weighted by molar-refractivity contribution is 8.14. The molecule has 9 heteroatoms. The van der Waals surface area contributed by atoms with Crippen LogP contribution < -0.4 is 0 Å². The van der Waals surface area contributed by atoms with Gasteiger partial charge >= 0.3 is 0 Å². The fourth-order valence-electron chi connectivity index (χ4n) is 3.79. The Morgan fingerprint density at radius 1 is 0.853 bits per heavy atom. The van der Waals surface area contributed by atoms with E-state index in [4.69, 9.17) is 9.05 Å². The van der Waals surface area contributed by atoms with Crippen molar-refractivity contribution >= 4 is 28.7 Å². The van der Waals surface area contributed by atoms with E-state index in [-0.39, 0.29) is 11.5 Å². The third kappa shape index (κ3) is 3.94. The Kier molecular flexibility index (Phi) is 5.85. The Morgan fingerprint density at radius 2 is 1.38 bits per heavy atom. The van der Waals surface area contributed by atoms with Gasteiger partial charge in [0.15, 0.2) is 5.17 Å². The number of hydrogen-bond acceptors (Lipinski definition) is 7. The predicted octanol–water partition coefficient (Wildman–Crippen LogP) is 5.00. The van der Waals surface area contributed by atoms with E-state index in [1.54, 1.807) is 13.8 Å². The molecule has 2 amide bonds. The minimum absolute atomic E-state index is 0.282. The van der Waals surface area contributed by atoms with Gasteiger partial charge in [0.2, 0.25) is 0 Å². The highest BCUT2D eigenvalue weighted by Crippen LogP contribution is 2.30. The number of thioether (sulfide) groups is 1. The van der Waals surface area contributed by atoms with Crippen LogP contribution >= 0.6 is 11.8 Å². The molecule has 3 heterocycles. The van der Waals surface area contributed by atoms with Gasteiger partial charge < -0.3 is 9.05 Å². The molecule has 8 nitrogen and oxygen atoms in total. The van der Waals surface area contributed by atoms with Crippen LogP contribution in [0.25, 0.3) is 22.5 Å². The summed E-state index contributed by atoms with van der Waals surface area (Å²) in [5, 5.41) is 8.49. The molecule has 0 spiro atoms. The molecule has 0 atom stereocenters. The average molecular weight is 473 g/mol. The molecule has 0 aliphatic carbocycles. The molecule has 2 aromatic heterocycles. The van der Waals surface area contributed by atoms with E-state index in [2.05, 4.69) is 15.3 Å². The monoisotopic (exact) mass is 472 g/mol. The first-order chi connectivity index (χ1) is 16.5. The van der Waals surface area contributed by atoms with Gasteiger partial charge in [-0.05, 0) is 13.8 Å². The van der Waals surface area contributed by atoms with E-state index in [0.29, 0.717) is 45.9 Å². The molecule has 1 aliphatic heterocycles. The summed E-state index contributed by atoms with van der Waals surface area (Å²) in [5.74, 6) is 0.587. The Balaban J connectivity index is 1.48. The zero-order chi connectivity index (χ0) is 23.7. The van der Waals surface area contributed by atoms with Crippen LogP contribution in [0.5, 0.6) is 0 Å². The van der Waals surface area contributed by atoms with Gasteiger partial charge in [-0.25, -0.2) is 0 Å². The van der Waals surface area contributed by atoms with Gasteiger partial charge in [-0.3, -0.25) is 14.5 Å². The minimum atomic E-state index is -0.509. The lowest BCUT2D eigenvalue weighted by Gasteiger charge is -2.15. The fraction of sp³-hybridized carbons (Fsp3) is 0.160. The van der Waals surface area contributed by atoms with Crippen LogP contribution in [0, 0.1) is 13.8 Å². The standard InChI is InChI=1S/C25H20N4O4S/c1-15-19(21(27-32-15)17-9-5-3-6-10-17)23(30)26-25-29(13-14-34-25)24(31)20-16(2)33-28-22(20)18-11-7-4-8-12-18/h3-12H,13-14H2,1-2H3. The van der Waals surface area contributed by atoms with Crippen LogP contribution in [0.15, 0.2) is 74.7 Å². The smallest absolute Gasteiger partial charge is 0.285 e. The van der Waals surface area contributed by atoms with E-state index in [9.17, 15) is 9.59 Å². The second-order valence-electron chi connectivity index (χ2n) is 7.66. The number of aryl methyl sites for hydroxylation is 2. The third-order valence-electron chi connectivity index (χ3n) is 5.47. The summed E-state index contributed by atoms with van der Waals surface area (Å²) < 4.78 is 10.7. The van der Waals surface area contributed by atoms with Crippen LogP contribution in [0.2, 0.25) is 0 Å². The van der Waals surface area contributed by atoms with E-state index in [1.165, 1.54) is 16.7 Å². The average Bonchev–Trinajstić information content (AvgIpc) is 3.58. The molecule has 0 radical (unpaired) electrons. The molecule has 4 aromatic rings. The SMILES string of the molecule is Cc1onc(-c2ccccc2)c1C(=O)N=C1SCCN1C(=O)c1c(-c2ccccc2)noc1C. The Hall–Kier alpha value is -3.98. The fourth-order valence-corrected chi connectivity index (χ4v) is 4.73. The second-order valence-corrected chi connectivity index (χ2v) is 8.72. The molecular weight excluding hydrogens is 452 g/mol. The molecule has 2 aromatic carbocycles. The van der Waals surface area contributed by atoms with Crippen molar-refractivity contribution < 1.29 is 18.6 Å². The Morgan fingerprint density at radius 3 is 1.97 bits per heavy atom. The molecule has 5 rings (SSSR count). The Labute approximate surface area is 199 Å². The highest BCUT2D eigenvalue weighted by atomic mass is 32.2. The van der Waals surface area contributed by atoms with Gasteiger partial charge in [0.1, 0.15) is 34.0 Å². The summed E-state index contributed by atoms with van der Waals surface area (Å²) in [6.45, 7) is 3.79. The first kappa shape index (κ1) is 21.8. The maximum atomic E-state index is 13.5. The van der Waals surface area contributed by atoms with Gasteiger partial charge in [0.25, 0.3) is 11.8 Å². The van der Waals surface area contributed by atoms with Crippen molar-refractivity contribution in [3.05, 3.63) is 83.3 Å². The van der Waals surface area contributed by atoms with Crippen molar-refractivity contribution in [3.8, 4) is 22.5 Å². The Bertz CT molecular complexity index is 1390. The summed E-state index contributed by atoms with van der Waals surface area (Å²) in [6.07, 6.45) is 0. The lowest BCUT2D eigenvalue weighted by molar-refractivity contribution is 0.0858. The quantitative estimate of drug-likeness (QED) is 0.412. The summed E-state index contributed by atoms with van der Waals surface area (Å²) >= 11 is 1.35. The van der Waals surface area contributed by atoms with E-state index in [0.717, 1.165) is 11.1 Å². The number of nitrogens with zero attached hydrogens (tertiary/aromatic N) is 4. The summed E-state index contributed by atoms with van der Waals surface area (Å²) in [4.78, 5) is 32.6. The molecule has 0 saturated carbocycles. The van der Waals surface area contributed by atoms with Crippen molar-refractivity contribution in [2.75, 3.05) is 12.3 Å². The van der Waals surface area contributed by atoms with Crippen molar-refractivity contribution in [1.29, 1.82) is 0 Å². The van der Waals surface area contributed by atoms with Crippen molar-refractivity contribution in [1.82, 2.24) is 15.2 Å². The van der Waals surface area contributed by atoms with Gasteiger partial charge in [-0.1, -0.05) is 82.7 Å². The summed E-state index contributed by atoms with van der Waals surface area (Å²) in [7, 11) is 0. The zero-order valence-electron chi connectivity index (χ0n) is 18.5. The van der Waals surface area contributed by atoms with E-state index < -0.39 is 5.91 Å². The molecule has 0 N–H and O–H groups in total. The second kappa shape index (κ2) is 9.11. The van der Waals surface area contributed by atoms with Crippen molar-refractivity contribution in [3.63, 3.8) is 0 Å². The predicted molar refractivity (Wildman–Crippen MR) is 129 cm³/mol. The minimum Gasteiger partial charge on any atom is -0.360 e. The van der Waals surface area contributed by atoms with Gasteiger partial charge in [0, 0.05) is 23.4 Å². The normalized spacial score (nSPS) is 14.6. The van der Waals surface area contributed by atoms with Gasteiger partial charge in [-0.2, -0.15) is 4.99 Å². The topological polar surface area (TPSA) is 102 Å². The maximum Gasteiger partial charge on any atom is 0.285 e. The first-order valence-electron chi connectivity index (χ1n) is 10.7. The molecule has 34 heavy (non-hydrogen) atoms. The number of amidine groups is 1. The maximum absolute atomic E-state index is 13.5. The molecule has 170 valence electrons. The number of rotatable bonds is 4. The van der Waals surface area contributed by atoms with Crippen molar-refractivity contribution in [2.24, 2.45) is 4.99 Å². The number of aromatic nitrogens is 2. The lowest BCUT2D eigenvalue weighted by atomic mass is 10.1. The third-order valence-corrected chi connectivity index (χ3v) is 6.42. The largest absolute Gasteiger partial charge is 0.360 e. The molecule has 1 aliphatic rings. The van der Waals surface area contributed by atoms with Gasteiger partial charge in [-0.15, -0.1) is 0 Å². The molecular formula is C25H20N4O4S. The molecule has 0 bridgehead atoms. The van der Waals surface area contributed by atoms with Crippen molar-refractivity contribution in [2.45, 2.75) is 13.8 Å². The van der Waals surface area contributed by atoms with E-state index in [1.807, 2.05) is 60.7 Å². The summed E-state index contributed by atoms with van der Waals surface area (Å²) in [5.41, 5.74) is 3.06. The number of hydrogen-bond donors (Lipinski definition) is 0. The van der Waals surface area contributed by atoms with Crippen LogP contribution in [0.1, 0.15) is 32.2 Å². The van der Waals surface area contributed by atoms with Crippen LogP contribution in [0.3, 0.4) is 0 Å². The summed E-state index contributed by atoms with van der Waals surface area (Å²) in [6, 6.07) is 18.7.